The van der Waals surface area contributed by atoms with E-state index in [9.17, 15) is 4.79 Å². The maximum atomic E-state index is 12.2. The normalized spacial score (nSPS) is 12.1. The lowest BCUT2D eigenvalue weighted by Gasteiger charge is -2.19. The number of pyridine rings is 1. The molecule has 0 bridgehead atoms. The van der Waals surface area contributed by atoms with E-state index in [1.54, 1.807) is 6.20 Å². The summed E-state index contributed by atoms with van der Waals surface area (Å²) in [7, 11) is 0. The first kappa shape index (κ1) is 24.2. The standard InChI is InChI=1S/C19H26N4O.2ClH/c1-15(18(20)16-9-3-2-4-10-16)19(24)23-14-8-7-13-22-17-11-5-6-12-21-17;;/h2-6,9-12,15,18H,7-8,13-14,20H2,1H3,(H,21,22)(H,23,24);2*1H. The van der Waals surface area contributed by atoms with Gasteiger partial charge in [-0.05, 0) is 30.5 Å². The van der Waals surface area contributed by atoms with Crippen molar-refractivity contribution in [3.8, 4) is 0 Å². The molecule has 0 aliphatic heterocycles. The molecule has 2 unspecified atom stereocenters. The summed E-state index contributed by atoms with van der Waals surface area (Å²) in [5.41, 5.74) is 7.16. The van der Waals surface area contributed by atoms with Crippen LogP contribution in [0.25, 0.3) is 0 Å². The van der Waals surface area contributed by atoms with Crippen molar-refractivity contribution in [2.75, 3.05) is 18.4 Å². The third-order valence-electron chi connectivity index (χ3n) is 4.01. The molecule has 0 aliphatic carbocycles. The average Bonchev–Trinajstić information content (AvgIpc) is 2.64. The number of halogens is 2. The zero-order valence-electron chi connectivity index (χ0n) is 14.9. The fourth-order valence-corrected chi connectivity index (χ4v) is 2.43. The van der Waals surface area contributed by atoms with Gasteiger partial charge >= 0.3 is 0 Å². The first-order valence-electron chi connectivity index (χ1n) is 8.41. The van der Waals surface area contributed by atoms with Crippen molar-refractivity contribution < 1.29 is 4.79 Å². The van der Waals surface area contributed by atoms with Crippen molar-refractivity contribution in [3.63, 3.8) is 0 Å². The summed E-state index contributed by atoms with van der Waals surface area (Å²) in [5.74, 6) is 0.632. The molecular formula is C19H28Cl2N4O. The molecule has 5 nitrogen and oxygen atoms in total. The number of hydrogen-bond donors (Lipinski definition) is 3. The number of carbonyl (C=O) groups is 1. The Morgan fingerprint density at radius 3 is 2.35 bits per heavy atom. The van der Waals surface area contributed by atoms with Crippen molar-refractivity contribution >= 4 is 36.5 Å². The van der Waals surface area contributed by atoms with Crippen LogP contribution in [0.1, 0.15) is 31.4 Å². The summed E-state index contributed by atoms with van der Waals surface area (Å²) in [6, 6.07) is 15.2. The molecule has 144 valence electrons. The van der Waals surface area contributed by atoms with Crippen LogP contribution < -0.4 is 16.4 Å². The highest BCUT2D eigenvalue weighted by molar-refractivity contribution is 5.85. The summed E-state index contributed by atoms with van der Waals surface area (Å²) >= 11 is 0. The Hall–Kier alpha value is -1.82. The Balaban J connectivity index is 0.00000312. The van der Waals surface area contributed by atoms with Gasteiger partial charge in [0.1, 0.15) is 5.82 Å². The van der Waals surface area contributed by atoms with Crippen molar-refractivity contribution in [2.45, 2.75) is 25.8 Å². The smallest absolute Gasteiger partial charge is 0.224 e. The van der Waals surface area contributed by atoms with Crippen LogP contribution in [0.15, 0.2) is 54.7 Å². The van der Waals surface area contributed by atoms with E-state index in [4.69, 9.17) is 5.73 Å². The zero-order chi connectivity index (χ0) is 17.2. The lowest BCUT2D eigenvalue weighted by Crippen LogP contribution is -2.36. The summed E-state index contributed by atoms with van der Waals surface area (Å²) < 4.78 is 0. The van der Waals surface area contributed by atoms with E-state index in [0.717, 1.165) is 30.8 Å². The number of unbranched alkanes of at least 4 members (excludes halogenated alkanes) is 1. The van der Waals surface area contributed by atoms with Crippen LogP contribution in [-0.4, -0.2) is 24.0 Å². The van der Waals surface area contributed by atoms with Crippen LogP contribution >= 0.6 is 24.8 Å². The number of rotatable bonds is 9. The van der Waals surface area contributed by atoms with Gasteiger partial charge < -0.3 is 16.4 Å². The van der Waals surface area contributed by atoms with Gasteiger partial charge in [-0.25, -0.2) is 4.98 Å². The molecule has 2 aromatic rings. The fourth-order valence-electron chi connectivity index (χ4n) is 2.43. The SMILES string of the molecule is CC(C(=O)NCCCCNc1ccccn1)C(N)c1ccccc1.Cl.Cl. The quantitative estimate of drug-likeness (QED) is 0.564. The summed E-state index contributed by atoms with van der Waals surface area (Å²) in [4.78, 5) is 16.4. The highest BCUT2D eigenvalue weighted by Gasteiger charge is 2.21. The van der Waals surface area contributed by atoms with Gasteiger partial charge in [-0.2, -0.15) is 0 Å². The van der Waals surface area contributed by atoms with E-state index >= 15 is 0 Å². The predicted molar refractivity (Wildman–Crippen MR) is 112 cm³/mol. The third kappa shape index (κ3) is 8.04. The molecule has 0 saturated carbocycles. The van der Waals surface area contributed by atoms with E-state index in [1.807, 2.05) is 55.5 Å². The van der Waals surface area contributed by atoms with Crippen LogP contribution in [-0.2, 0) is 4.79 Å². The molecule has 1 heterocycles. The number of anilines is 1. The summed E-state index contributed by atoms with van der Waals surface area (Å²) in [5, 5.41) is 6.22. The van der Waals surface area contributed by atoms with Gasteiger partial charge in [0.05, 0.1) is 5.92 Å². The maximum Gasteiger partial charge on any atom is 0.224 e. The van der Waals surface area contributed by atoms with Gasteiger partial charge in [-0.15, -0.1) is 24.8 Å². The highest BCUT2D eigenvalue weighted by atomic mass is 35.5. The molecule has 0 radical (unpaired) electrons. The van der Waals surface area contributed by atoms with Gasteiger partial charge in [-0.3, -0.25) is 4.79 Å². The molecule has 2 atom stereocenters. The average molecular weight is 399 g/mol. The Bertz CT molecular complexity index is 613. The van der Waals surface area contributed by atoms with Crippen LogP contribution in [0.2, 0.25) is 0 Å². The predicted octanol–water partition coefficient (Wildman–Crippen LogP) is 3.57. The van der Waals surface area contributed by atoms with E-state index in [2.05, 4.69) is 15.6 Å². The number of amides is 1. The lowest BCUT2D eigenvalue weighted by atomic mass is 9.94. The first-order valence-corrected chi connectivity index (χ1v) is 8.41. The minimum absolute atomic E-state index is 0. The Kier molecular flexibility index (Phi) is 12.5. The number of nitrogens with two attached hydrogens (primary N) is 1. The van der Waals surface area contributed by atoms with Gasteiger partial charge in [0, 0.05) is 25.3 Å². The lowest BCUT2D eigenvalue weighted by molar-refractivity contribution is -0.125. The molecule has 0 spiro atoms. The molecule has 1 amide bonds. The number of aromatic nitrogens is 1. The Morgan fingerprint density at radius 2 is 1.69 bits per heavy atom. The zero-order valence-corrected chi connectivity index (χ0v) is 16.6. The number of benzene rings is 1. The van der Waals surface area contributed by atoms with Crippen molar-refractivity contribution in [1.29, 1.82) is 0 Å². The maximum absolute atomic E-state index is 12.2. The Morgan fingerprint density at radius 1 is 1.04 bits per heavy atom. The monoisotopic (exact) mass is 398 g/mol. The molecule has 26 heavy (non-hydrogen) atoms. The van der Waals surface area contributed by atoms with Gasteiger partial charge in [0.2, 0.25) is 5.91 Å². The molecule has 0 aliphatic rings. The number of nitrogens with one attached hydrogen (secondary N) is 2. The molecule has 7 heteroatoms. The second kappa shape index (κ2) is 13.4. The molecule has 4 N–H and O–H groups in total. The first-order chi connectivity index (χ1) is 11.7. The third-order valence-corrected chi connectivity index (χ3v) is 4.01. The van der Waals surface area contributed by atoms with Crippen molar-refractivity contribution in [3.05, 3.63) is 60.3 Å². The van der Waals surface area contributed by atoms with Crippen LogP contribution in [0.3, 0.4) is 0 Å². The van der Waals surface area contributed by atoms with Gasteiger partial charge in [-0.1, -0.05) is 43.3 Å². The Labute approximate surface area is 168 Å². The van der Waals surface area contributed by atoms with Crippen LogP contribution in [0.4, 0.5) is 5.82 Å². The minimum Gasteiger partial charge on any atom is -0.370 e. The second-order valence-electron chi connectivity index (χ2n) is 5.87. The molecule has 1 aromatic heterocycles. The van der Waals surface area contributed by atoms with Crippen LogP contribution in [0, 0.1) is 5.92 Å². The van der Waals surface area contributed by atoms with Gasteiger partial charge in [0.25, 0.3) is 0 Å². The fraction of sp³-hybridized carbons (Fsp3) is 0.368. The number of carbonyl (C=O) groups excluding carboxylic acids is 1. The van der Waals surface area contributed by atoms with Gasteiger partial charge in [0.15, 0.2) is 0 Å². The molecule has 0 saturated heterocycles. The number of nitrogens with zero attached hydrogens (tertiary/aromatic N) is 1. The minimum atomic E-state index is -0.281. The highest BCUT2D eigenvalue weighted by Crippen LogP contribution is 2.18. The topological polar surface area (TPSA) is 80.0 Å². The molecular weight excluding hydrogens is 371 g/mol. The van der Waals surface area contributed by atoms with E-state index in [-0.39, 0.29) is 42.7 Å². The largest absolute Gasteiger partial charge is 0.370 e. The summed E-state index contributed by atoms with van der Waals surface area (Å²) in [6.07, 6.45) is 3.65. The molecule has 0 fully saturated rings. The van der Waals surface area contributed by atoms with E-state index < -0.39 is 0 Å². The van der Waals surface area contributed by atoms with E-state index in [1.165, 1.54) is 0 Å². The summed E-state index contributed by atoms with van der Waals surface area (Å²) in [6.45, 7) is 3.37. The van der Waals surface area contributed by atoms with Crippen molar-refractivity contribution in [2.24, 2.45) is 11.7 Å². The second-order valence-corrected chi connectivity index (χ2v) is 5.87. The molecule has 2 rings (SSSR count). The van der Waals surface area contributed by atoms with E-state index in [0.29, 0.717) is 6.54 Å². The molecule has 1 aromatic carbocycles. The van der Waals surface area contributed by atoms with Crippen LogP contribution in [0.5, 0.6) is 0 Å². The number of hydrogen-bond acceptors (Lipinski definition) is 4. The van der Waals surface area contributed by atoms with Crippen molar-refractivity contribution in [1.82, 2.24) is 10.3 Å².